The minimum Gasteiger partial charge on any atom is -0.333 e. The largest absolute Gasteiger partial charge is 0.333 e. The summed E-state index contributed by atoms with van der Waals surface area (Å²) in [7, 11) is 2.01. The first-order chi connectivity index (χ1) is 9.04. The van der Waals surface area contributed by atoms with E-state index in [0.29, 0.717) is 0 Å². The number of aryl methyl sites for hydroxylation is 2. The van der Waals surface area contributed by atoms with Gasteiger partial charge in [0.1, 0.15) is 5.84 Å². The Kier molecular flexibility index (Phi) is 3.65. The van der Waals surface area contributed by atoms with Crippen molar-refractivity contribution in [3.8, 4) is 0 Å². The van der Waals surface area contributed by atoms with E-state index in [1.807, 2.05) is 20.9 Å². The maximum absolute atomic E-state index is 4.64. The molecule has 3 heteroatoms. The Morgan fingerprint density at radius 3 is 2.79 bits per heavy atom. The van der Waals surface area contributed by atoms with Gasteiger partial charge in [-0.05, 0) is 32.4 Å². The summed E-state index contributed by atoms with van der Waals surface area (Å²) in [6, 6.07) is 8.33. The number of amidine groups is 1. The molecule has 98 valence electrons. The van der Waals surface area contributed by atoms with E-state index in [0.717, 1.165) is 28.1 Å². The van der Waals surface area contributed by atoms with Crippen LogP contribution in [0.15, 0.2) is 42.0 Å². The summed E-state index contributed by atoms with van der Waals surface area (Å²) in [6.07, 6.45) is 1.56. The smallest absolute Gasteiger partial charge is 0.105 e. The number of pyridine rings is 1. The monoisotopic (exact) mass is 253 g/mol. The molecule has 1 aromatic heterocycles. The highest BCUT2D eigenvalue weighted by atomic mass is 15.2. The van der Waals surface area contributed by atoms with Crippen LogP contribution in [0.3, 0.4) is 0 Å². The molecule has 0 bridgehead atoms. The zero-order valence-electron chi connectivity index (χ0n) is 11.9. The van der Waals surface area contributed by atoms with E-state index < -0.39 is 0 Å². The SMILES string of the molecule is C=C/N=C(/C)N(C)c1cc(C)nc2c(C)cccc12. The lowest BCUT2D eigenvalue weighted by molar-refractivity contribution is 1.19. The third-order valence-electron chi connectivity index (χ3n) is 3.27. The Hall–Kier alpha value is -2.16. The van der Waals surface area contributed by atoms with Gasteiger partial charge in [-0.25, -0.2) is 4.99 Å². The van der Waals surface area contributed by atoms with E-state index in [4.69, 9.17) is 0 Å². The summed E-state index contributed by atoms with van der Waals surface area (Å²) in [5.41, 5.74) is 4.37. The number of hydrogen-bond acceptors (Lipinski definition) is 2. The van der Waals surface area contributed by atoms with Crippen LogP contribution < -0.4 is 4.90 Å². The number of hydrogen-bond donors (Lipinski definition) is 0. The first-order valence-corrected chi connectivity index (χ1v) is 6.30. The predicted octanol–water partition coefficient (Wildman–Crippen LogP) is 3.85. The topological polar surface area (TPSA) is 28.5 Å². The number of aliphatic imine (C=N–C) groups is 1. The van der Waals surface area contributed by atoms with Crippen LogP contribution in [0.2, 0.25) is 0 Å². The third kappa shape index (κ3) is 2.50. The van der Waals surface area contributed by atoms with Crippen molar-refractivity contribution in [3.63, 3.8) is 0 Å². The second-order valence-electron chi connectivity index (χ2n) is 4.67. The van der Waals surface area contributed by atoms with Gasteiger partial charge in [-0.3, -0.25) is 4.98 Å². The molecule has 0 atom stereocenters. The molecule has 0 N–H and O–H groups in total. The van der Waals surface area contributed by atoms with Crippen LogP contribution in [0.25, 0.3) is 10.9 Å². The highest BCUT2D eigenvalue weighted by Crippen LogP contribution is 2.28. The lowest BCUT2D eigenvalue weighted by Gasteiger charge is -2.21. The molecule has 0 spiro atoms. The fourth-order valence-electron chi connectivity index (χ4n) is 2.17. The fourth-order valence-corrected chi connectivity index (χ4v) is 2.17. The Bertz CT molecular complexity index is 656. The summed E-state index contributed by atoms with van der Waals surface area (Å²) in [4.78, 5) is 11.0. The van der Waals surface area contributed by atoms with Crippen LogP contribution >= 0.6 is 0 Å². The quantitative estimate of drug-likeness (QED) is 0.600. The maximum atomic E-state index is 4.64. The normalized spacial score (nSPS) is 11.7. The Morgan fingerprint density at radius 1 is 1.37 bits per heavy atom. The second kappa shape index (κ2) is 5.22. The van der Waals surface area contributed by atoms with E-state index in [2.05, 4.69) is 52.6 Å². The van der Waals surface area contributed by atoms with Gasteiger partial charge in [0.15, 0.2) is 0 Å². The van der Waals surface area contributed by atoms with E-state index in [9.17, 15) is 0 Å². The molecule has 0 amide bonds. The van der Waals surface area contributed by atoms with Crippen molar-refractivity contribution in [2.75, 3.05) is 11.9 Å². The summed E-state index contributed by atoms with van der Waals surface area (Å²) in [6.45, 7) is 9.72. The first-order valence-electron chi connectivity index (χ1n) is 6.30. The molecule has 1 heterocycles. The number of fused-ring (bicyclic) bond motifs is 1. The molecule has 0 aliphatic rings. The zero-order valence-corrected chi connectivity index (χ0v) is 11.9. The van der Waals surface area contributed by atoms with Crippen molar-refractivity contribution >= 4 is 22.4 Å². The Labute approximate surface area is 114 Å². The molecule has 0 aliphatic carbocycles. The maximum Gasteiger partial charge on any atom is 0.105 e. The Balaban J connectivity index is 2.69. The van der Waals surface area contributed by atoms with Gasteiger partial charge >= 0.3 is 0 Å². The minimum atomic E-state index is 0.906. The molecule has 0 unspecified atom stereocenters. The summed E-state index contributed by atoms with van der Waals surface area (Å²) < 4.78 is 0. The second-order valence-corrected chi connectivity index (χ2v) is 4.67. The van der Waals surface area contributed by atoms with Crippen LogP contribution in [0.4, 0.5) is 5.69 Å². The number of aromatic nitrogens is 1. The van der Waals surface area contributed by atoms with Gasteiger partial charge in [0.05, 0.1) is 11.2 Å². The predicted molar refractivity (Wildman–Crippen MR) is 82.9 cm³/mol. The number of anilines is 1. The lowest BCUT2D eigenvalue weighted by Crippen LogP contribution is -2.23. The van der Waals surface area contributed by atoms with Crippen molar-refractivity contribution in [1.29, 1.82) is 0 Å². The molecule has 0 saturated heterocycles. The highest BCUT2D eigenvalue weighted by molar-refractivity contribution is 6.04. The van der Waals surface area contributed by atoms with Crippen molar-refractivity contribution in [1.82, 2.24) is 4.98 Å². The number of para-hydroxylation sites is 1. The van der Waals surface area contributed by atoms with Crippen LogP contribution in [0.5, 0.6) is 0 Å². The minimum absolute atomic E-state index is 0.906. The average Bonchev–Trinajstić information content (AvgIpc) is 2.38. The van der Waals surface area contributed by atoms with Gasteiger partial charge < -0.3 is 4.90 Å². The van der Waals surface area contributed by atoms with E-state index >= 15 is 0 Å². The molecule has 0 fully saturated rings. The van der Waals surface area contributed by atoms with Gasteiger partial charge in [0.25, 0.3) is 0 Å². The van der Waals surface area contributed by atoms with Crippen LogP contribution in [-0.2, 0) is 0 Å². The van der Waals surface area contributed by atoms with Gasteiger partial charge in [0, 0.05) is 24.3 Å². The standard InChI is InChI=1S/C16H19N3/c1-6-17-13(4)19(5)15-10-12(3)18-16-11(2)8-7-9-14(15)16/h6-10H,1H2,2-5H3/b17-13-. The number of benzene rings is 1. The molecular formula is C16H19N3. The molecule has 2 aromatic rings. The third-order valence-corrected chi connectivity index (χ3v) is 3.27. The van der Waals surface area contributed by atoms with Crippen molar-refractivity contribution < 1.29 is 0 Å². The fraction of sp³-hybridized carbons (Fsp3) is 0.250. The summed E-state index contributed by atoms with van der Waals surface area (Å²) in [5.74, 6) is 0.906. The lowest BCUT2D eigenvalue weighted by atomic mass is 10.1. The molecule has 2 rings (SSSR count). The molecule has 1 aromatic carbocycles. The zero-order chi connectivity index (χ0) is 14.0. The van der Waals surface area contributed by atoms with Crippen LogP contribution in [0.1, 0.15) is 18.2 Å². The average molecular weight is 253 g/mol. The van der Waals surface area contributed by atoms with E-state index in [1.165, 1.54) is 5.56 Å². The molecule has 3 nitrogen and oxygen atoms in total. The molecule has 0 saturated carbocycles. The van der Waals surface area contributed by atoms with Gasteiger partial charge in [-0.2, -0.15) is 0 Å². The van der Waals surface area contributed by atoms with Crippen LogP contribution in [-0.4, -0.2) is 17.9 Å². The van der Waals surface area contributed by atoms with Crippen molar-refractivity contribution in [3.05, 3.63) is 48.3 Å². The first kappa shape index (κ1) is 13.3. The number of nitrogens with zero attached hydrogens (tertiary/aromatic N) is 3. The highest BCUT2D eigenvalue weighted by Gasteiger charge is 2.11. The molecule has 0 aliphatic heterocycles. The van der Waals surface area contributed by atoms with Crippen molar-refractivity contribution in [2.45, 2.75) is 20.8 Å². The van der Waals surface area contributed by atoms with Gasteiger partial charge in [0.2, 0.25) is 0 Å². The molecule has 0 radical (unpaired) electrons. The van der Waals surface area contributed by atoms with Gasteiger partial charge in [-0.15, -0.1) is 0 Å². The summed E-state index contributed by atoms with van der Waals surface area (Å²) >= 11 is 0. The molecule has 19 heavy (non-hydrogen) atoms. The van der Waals surface area contributed by atoms with E-state index in [1.54, 1.807) is 6.20 Å². The van der Waals surface area contributed by atoms with Crippen LogP contribution in [0, 0.1) is 13.8 Å². The van der Waals surface area contributed by atoms with Crippen molar-refractivity contribution in [2.24, 2.45) is 4.99 Å². The van der Waals surface area contributed by atoms with Gasteiger partial charge in [-0.1, -0.05) is 24.8 Å². The molecular weight excluding hydrogens is 234 g/mol. The number of rotatable bonds is 2. The van der Waals surface area contributed by atoms with E-state index in [-0.39, 0.29) is 0 Å². The summed E-state index contributed by atoms with van der Waals surface area (Å²) in [5, 5.41) is 1.15. The Morgan fingerprint density at radius 2 is 2.11 bits per heavy atom.